The van der Waals surface area contributed by atoms with Crippen molar-refractivity contribution in [3.8, 4) is 23.0 Å². The molecule has 0 amide bonds. The Morgan fingerprint density at radius 2 is 1.67 bits per heavy atom. The minimum atomic E-state index is -0.167. The van der Waals surface area contributed by atoms with Gasteiger partial charge in [0.05, 0.1) is 19.8 Å². The fourth-order valence-corrected chi connectivity index (χ4v) is 2.41. The lowest BCUT2D eigenvalue weighted by Gasteiger charge is -2.20. The predicted molar refractivity (Wildman–Crippen MR) is 90.3 cm³/mol. The highest BCUT2D eigenvalue weighted by Gasteiger charge is 2.19. The Bertz CT molecular complexity index is 762. The highest BCUT2D eigenvalue weighted by molar-refractivity contribution is 6.09. The highest BCUT2D eigenvalue weighted by Crippen LogP contribution is 2.37. The molecule has 124 valence electrons. The number of ether oxygens (including phenoxy) is 4. The van der Waals surface area contributed by atoms with Crippen molar-refractivity contribution in [2.45, 2.75) is 0 Å². The first-order valence-corrected chi connectivity index (χ1v) is 7.55. The number of carbonyl (C=O) groups excluding carboxylic acids is 1. The van der Waals surface area contributed by atoms with Crippen molar-refractivity contribution in [1.29, 1.82) is 0 Å². The van der Waals surface area contributed by atoms with Crippen LogP contribution in [0, 0.1) is 0 Å². The second-order valence-electron chi connectivity index (χ2n) is 5.17. The maximum atomic E-state index is 12.5. The van der Waals surface area contributed by atoms with E-state index in [4.69, 9.17) is 18.9 Å². The predicted octanol–water partition coefficient (Wildman–Crippen LogP) is 3.37. The molecule has 0 aromatic heterocycles. The van der Waals surface area contributed by atoms with Gasteiger partial charge in [-0.25, -0.2) is 0 Å². The molecule has 1 heterocycles. The lowest BCUT2D eigenvalue weighted by atomic mass is 10.1. The van der Waals surface area contributed by atoms with Gasteiger partial charge >= 0.3 is 0 Å². The van der Waals surface area contributed by atoms with Gasteiger partial charge in [0.1, 0.15) is 24.7 Å². The van der Waals surface area contributed by atoms with Gasteiger partial charge in [-0.2, -0.15) is 0 Å². The molecule has 0 aliphatic carbocycles. The Balaban J connectivity index is 1.84. The lowest BCUT2D eigenvalue weighted by molar-refractivity contribution is 0.104. The van der Waals surface area contributed by atoms with Crippen LogP contribution in [0.1, 0.15) is 15.9 Å². The van der Waals surface area contributed by atoms with Crippen molar-refractivity contribution in [1.82, 2.24) is 0 Å². The summed E-state index contributed by atoms with van der Waals surface area (Å²) in [7, 11) is 3.14. The second-order valence-corrected chi connectivity index (χ2v) is 5.17. The average molecular weight is 326 g/mol. The van der Waals surface area contributed by atoms with Crippen LogP contribution in [0.4, 0.5) is 0 Å². The number of hydrogen-bond donors (Lipinski definition) is 0. The Morgan fingerprint density at radius 3 is 2.29 bits per heavy atom. The monoisotopic (exact) mass is 326 g/mol. The SMILES string of the molecule is COc1ccc(C=CC(=O)c2cc3c(cc2OC)OCCO3)cc1. The number of rotatable bonds is 5. The Kier molecular flexibility index (Phi) is 4.70. The van der Waals surface area contributed by atoms with Crippen LogP contribution in [0.15, 0.2) is 42.5 Å². The van der Waals surface area contributed by atoms with Crippen LogP contribution >= 0.6 is 0 Å². The van der Waals surface area contributed by atoms with Gasteiger partial charge in [0.25, 0.3) is 0 Å². The zero-order valence-electron chi connectivity index (χ0n) is 13.6. The molecule has 0 fully saturated rings. The number of carbonyl (C=O) groups is 1. The number of methoxy groups -OCH3 is 2. The van der Waals surface area contributed by atoms with E-state index in [-0.39, 0.29) is 5.78 Å². The summed E-state index contributed by atoms with van der Waals surface area (Å²) in [5.74, 6) is 2.22. The van der Waals surface area contributed by atoms with Crippen LogP contribution in [0.2, 0.25) is 0 Å². The molecule has 0 atom stereocenters. The molecule has 2 aromatic carbocycles. The van der Waals surface area contributed by atoms with Gasteiger partial charge in [-0.1, -0.05) is 18.2 Å². The molecule has 5 heteroatoms. The summed E-state index contributed by atoms with van der Waals surface area (Å²) in [6.45, 7) is 0.954. The first-order chi connectivity index (χ1) is 11.7. The van der Waals surface area contributed by atoms with E-state index in [0.29, 0.717) is 36.0 Å². The third-order valence-electron chi connectivity index (χ3n) is 3.67. The van der Waals surface area contributed by atoms with Crippen molar-refractivity contribution in [2.75, 3.05) is 27.4 Å². The minimum absolute atomic E-state index is 0.167. The summed E-state index contributed by atoms with van der Waals surface area (Å²) in [4.78, 5) is 12.5. The maximum absolute atomic E-state index is 12.5. The maximum Gasteiger partial charge on any atom is 0.189 e. The third kappa shape index (κ3) is 3.35. The van der Waals surface area contributed by atoms with Gasteiger partial charge in [-0.15, -0.1) is 0 Å². The fraction of sp³-hybridized carbons (Fsp3) is 0.211. The molecule has 0 N–H and O–H groups in total. The summed E-state index contributed by atoms with van der Waals surface area (Å²) < 4.78 is 21.5. The average Bonchev–Trinajstić information content (AvgIpc) is 2.65. The minimum Gasteiger partial charge on any atom is -0.497 e. The Hall–Kier alpha value is -2.95. The fourth-order valence-electron chi connectivity index (χ4n) is 2.41. The zero-order valence-corrected chi connectivity index (χ0v) is 13.6. The van der Waals surface area contributed by atoms with Crippen molar-refractivity contribution >= 4 is 11.9 Å². The van der Waals surface area contributed by atoms with Crippen molar-refractivity contribution < 1.29 is 23.7 Å². The summed E-state index contributed by atoms with van der Waals surface area (Å²) in [6, 6.07) is 10.8. The van der Waals surface area contributed by atoms with E-state index < -0.39 is 0 Å². The molecule has 0 radical (unpaired) electrons. The summed E-state index contributed by atoms with van der Waals surface area (Å²) in [5.41, 5.74) is 1.34. The van der Waals surface area contributed by atoms with Gasteiger partial charge in [-0.3, -0.25) is 4.79 Å². The number of ketones is 1. The van der Waals surface area contributed by atoms with Crippen molar-refractivity contribution in [2.24, 2.45) is 0 Å². The van der Waals surface area contributed by atoms with Crippen LogP contribution in [0.3, 0.4) is 0 Å². The van der Waals surface area contributed by atoms with Crippen LogP contribution in [-0.2, 0) is 0 Å². The highest BCUT2D eigenvalue weighted by atomic mass is 16.6. The molecule has 0 spiro atoms. The standard InChI is InChI=1S/C19H18O5/c1-21-14-6-3-13(4-7-14)5-8-16(20)15-11-18-19(12-17(15)22-2)24-10-9-23-18/h3-8,11-12H,9-10H2,1-2H3. The largest absolute Gasteiger partial charge is 0.497 e. The number of fused-ring (bicyclic) bond motifs is 1. The van der Waals surface area contributed by atoms with Gasteiger partial charge in [-0.05, 0) is 29.8 Å². The van der Waals surface area contributed by atoms with Crippen LogP contribution < -0.4 is 18.9 Å². The molecule has 0 saturated carbocycles. The van der Waals surface area contributed by atoms with Crippen LogP contribution in [0.5, 0.6) is 23.0 Å². The molecule has 5 nitrogen and oxygen atoms in total. The van der Waals surface area contributed by atoms with E-state index in [9.17, 15) is 4.79 Å². The van der Waals surface area contributed by atoms with E-state index in [1.807, 2.05) is 24.3 Å². The number of benzene rings is 2. The van der Waals surface area contributed by atoms with Gasteiger partial charge in [0.2, 0.25) is 0 Å². The summed E-state index contributed by atoms with van der Waals surface area (Å²) >= 11 is 0. The lowest BCUT2D eigenvalue weighted by Crippen LogP contribution is -2.16. The van der Waals surface area contributed by atoms with E-state index in [1.165, 1.54) is 13.2 Å². The van der Waals surface area contributed by atoms with Crippen molar-refractivity contribution in [3.63, 3.8) is 0 Å². The molecule has 24 heavy (non-hydrogen) atoms. The first kappa shape index (κ1) is 15.9. The molecular weight excluding hydrogens is 308 g/mol. The Morgan fingerprint density at radius 1 is 1.00 bits per heavy atom. The van der Waals surface area contributed by atoms with Gasteiger partial charge < -0.3 is 18.9 Å². The number of hydrogen-bond acceptors (Lipinski definition) is 5. The quantitative estimate of drug-likeness (QED) is 0.623. The third-order valence-corrected chi connectivity index (χ3v) is 3.67. The molecule has 0 saturated heterocycles. The smallest absolute Gasteiger partial charge is 0.189 e. The van der Waals surface area contributed by atoms with Gasteiger partial charge in [0, 0.05) is 6.07 Å². The van der Waals surface area contributed by atoms with E-state index in [2.05, 4.69) is 0 Å². The molecule has 1 aliphatic rings. The molecule has 1 aliphatic heterocycles. The normalized spacial score (nSPS) is 12.9. The van der Waals surface area contributed by atoms with Crippen molar-refractivity contribution in [3.05, 3.63) is 53.6 Å². The van der Waals surface area contributed by atoms with E-state index in [1.54, 1.807) is 25.3 Å². The molecule has 0 unspecified atom stereocenters. The van der Waals surface area contributed by atoms with Gasteiger partial charge in [0.15, 0.2) is 17.3 Å². The van der Waals surface area contributed by atoms with E-state index >= 15 is 0 Å². The number of allylic oxidation sites excluding steroid dienone is 1. The Labute approximate surface area is 140 Å². The summed E-state index contributed by atoms with van der Waals surface area (Å²) in [5, 5.41) is 0. The van der Waals surface area contributed by atoms with E-state index in [0.717, 1.165) is 11.3 Å². The zero-order chi connectivity index (χ0) is 16.9. The summed E-state index contributed by atoms with van der Waals surface area (Å²) in [6.07, 6.45) is 3.26. The van der Waals surface area contributed by atoms with Crippen LogP contribution in [0.25, 0.3) is 6.08 Å². The second kappa shape index (κ2) is 7.08. The molecule has 2 aromatic rings. The molecule has 3 rings (SSSR count). The topological polar surface area (TPSA) is 54.0 Å². The van der Waals surface area contributed by atoms with Crippen LogP contribution in [-0.4, -0.2) is 33.2 Å². The molecular formula is C19H18O5. The first-order valence-electron chi connectivity index (χ1n) is 7.55. The molecule has 0 bridgehead atoms.